The van der Waals surface area contributed by atoms with E-state index in [1.165, 1.54) is 0 Å². The molecule has 1 N–H and O–H groups in total. The lowest BCUT2D eigenvalue weighted by molar-refractivity contribution is 0.102. The molecule has 2 aromatic carbocycles. The number of halogens is 1. The second-order valence-corrected chi connectivity index (χ2v) is 6.68. The van der Waals surface area contributed by atoms with E-state index in [0.717, 1.165) is 10.2 Å². The number of amides is 1. The SMILES string of the molecule is CCOc1ccc(Br)cc1C(=O)Nc1cccc(OCC(C)C)c1. The van der Waals surface area contributed by atoms with E-state index >= 15 is 0 Å². The number of rotatable bonds is 7. The second kappa shape index (κ2) is 8.73. The van der Waals surface area contributed by atoms with Gasteiger partial charge in [-0.1, -0.05) is 35.8 Å². The van der Waals surface area contributed by atoms with Crippen LogP contribution in [0.2, 0.25) is 0 Å². The number of anilines is 1. The summed E-state index contributed by atoms with van der Waals surface area (Å²) in [4.78, 5) is 12.6. The van der Waals surface area contributed by atoms with Gasteiger partial charge < -0.3 is 14.8 Å². The smallest absolute Gasteiger partial charge is 0.259 e. The fourth-order valence-corrected chi connectivity index (χ4v) is 2.45. The van der Waals surface area contributed by atoms with Gasteiger partial charge in [-0.25, -0.2) is 0 Å². The lowest BCUT2D eigenvalue weighted by Gasteiger charge is -2.13. The van der Waals surface area contributed by atoms with Crippen molar-refractivity contribution < 1.29 is 14.3 Å². The molecule has 0 radical (unpaired) electrons. The number of carbonyl (C=O) groups excluding carboxylic acids is 1. The predicted octanol–water partition coefficient (Wildman–Crippen LogP) is 5.13. The summed E-state index contributed by atoms with van der Waals surface area (Å²) in [6, 6.07) is 12.8. The summed E-state index contributed by atoms with van der Waals surface area (Å²) >= 11 is 3.39. The average Bonchev–Trinajstić information content (AvgIpc) is 2.55. The van der Waals surface area contributed by atoms with E-state index in [4.69, 9.17) is 9.47 Å². The van der Waals surface area contributed by atoms with Crippen molar-refractivity contribution in [1.29, 1.82) is 0 Å². The lowest BCUT2D eigenvalue weighted by atomic mass is 10.2. The molecule has 4 nitrogen and oxygen atoms in total. The standard InChI is InChI=1S/C19H22BrNO3/c1-4-23-18-9-8-14(20)10-17(18)19(22)21-15-6-5-7-16(11-15)24-12-13(2)3/h5-11,13H,4,12H2,1-3H3,(H,21,22). The number of hydrogen-bond acceptors (Lipinski definition) is 3. The highest BCUT2D eigenvalue weighted by Crippen LogP contribution is 2.25. The van der Waals surface area contributed by atoms with Crippen LogP contribution >= 0.6 is 15.9 Å². The molecule has 0 atom stereocenters. The van der Waals surface area contributed by atoms with Crippen LogP contribution in [0.3, 0.4) is 0 Å². The summed E-state index contributed by atoms with van der Waals surface area (Å²) in [5, 5.41) is 2.89. The average molecular weight is 392 g/mol. The molecule has 0 aliphatic carbocycles. The molecule has 0 fully saturated rings. The highest BCUT2D eigenvalue weighted by atomic mass is 79.9. The Bertz CT molecular complexity index is 701. The Morgan fingerprint density at radius 1 is 1.17 bits per heavy atom. The molecular formula is C19H22BrNO3. The molecule has 0 saturated heterocycles. The number of benzene rings is 2. The predicted molar refractivity (Wildman–Crippen MR) is 100 cm³/mol. The fraction of sp³-hybridized carbons (Fsp3) is 0.316. The van der Waals surface area contributed by atoms with Crippen molar-refractivity contribution in [3.63, 3.8) is 0 Å². The van der Waals surface area contributed by atoms with E-state index in [1.54, 1.807) is 12.1 Å². The molecule has 2 aromatic rings. The van der Waals surface area contributed by atoms with Gasteiger partial charge in [-0.3, -0.25) is 4.79 Å². The quantitative estimate of drug-likeness (QED) is 0.710. The van der Waals surface area contributed by atoms with Crippen LogP contribution in [0.5, 0.6) is 11.5 Å². The first-order valence-electron chi connectivity index (χ1n) is 7.96. The van der Waals surface area contributed by atoms with Gasteiger partial charge in [0.05, 0.1) is 18.8 Å². The molecule has 2 rings (SSSR count). The Labute approximate surface area is 151 Å². The van der Waals surface area contributed by atoms with Crippen molar-refractivity contribution in [1.82, 2.24) is 0 Å². The van der Waals surface area contributed by atoms with Gasteiger partial charge in [0.1, 0.15) is 11.5 Å². The van der Waals surface area contributed by atoms with Crippen LogP contribution < -0.4 is 14.8 Å². The Balaban J connectivity index is 2.15. The number of nitrogens with one attached hydrogen (secondary N) is 1. The van der Waals surface area contributed by atoms with Gasteiger partial charge in [0.15, 0.2) is 0 Å². The van der Waals surface area contributed by atoms with Crippen molar-refractivity contribution in [3.05, 3.63) is 52.5 Å². The summed E-state index contributed by atoms with van der Waals surface area (Å²) < 4.78 is 12.1. The third-order valence-electron chi connectivity index (χ3n) is 3.16. The third-order valence-corrected chi connectivity index (χ3v) is 3.65. The summed E-state index contributed by atoms with van der Waals surface area (Å²) in [5.41, 5.74) is 1.17. The maximum Gasteiger partial charge on any atom is 0.259 e. The molecule has 0 aliphatic rings. The largest absolute Gasteiger partial charge is 0.493 e. The van der Waals surface area contributed by atoms with E-state index in [-0.39, 0.29) is 5.91 Å². The minimum absolute atomic E-state index is 0.222. The zero-order valence-corrected chi connectivity index (χ0v) is 15.7. The topological polar surface area (TPSA) is 47.6 Å². The summed E-state index contributed by atoms with van der Waals surface area (Å²) in [6.07, 6.45) is 0. The van der Waals surface area contributed by atoms with E-state index in [0.29, 0.717) is 36.1 Å². The Morgan fingerprint density at radius 3 is 2.67 bits per heavy atom. The Kier molecular flexibility index (Phi) is 6.67. The number of ether oxygens (including phenoxy) is 2. The van der Waals surface area contributed by atoms with Gasteiger partial charge in [0.2, 0.25) is 0 Å². The van der Waals surface area contributed by atoms with Gasteiger partial charge in [0, 0.05) is 16.2 Å². The van der Waals surface area contributed by atoms with E-state index in [9.17, 15) is 4.79 Å². The van der Waals surface area contributed by atoms with Crippen LogP contribution in [0, 0.1) is 5.92 Å². The van der Waals surface area contributed by atoms with Gasteiger partial charge in [-0.2, -0.15) is 0 Å². The molecule has 0 heterocycles. The van der Waals surface area contributed by atoms with Crippen LogP contribution in [-0.2, 0) is 0 Å². The minimum atomic E-state index is -0.222. The van der Waals surface area contributed by atoms with Crippen LogP contribution in [0.25, 0.3) is 0 Å². The number of carbonyl (C=O) groups is 1. The molecular weight excluding hydrogens is 370 g/mol. The summed E-state index contributed by atoms with van der Waals surface area (Å²) in [7, 11) is 0. The van der Waals surface area contributed by atoms with E-state index < -0.39 is 0 Å². The van der Waals surface area contributed by atoms with Crippen molar-refractivity contribution >= 4 is 27.5 Å². The van der Waals surface area contributed by atoms with Crippen molar-refractivity contribution in [2.24, 2.45) is 5.92 Å². The first-order valence-corrected chi connectivity index (χ1v) is 8.75. The molecule has 5 heteroatoms. The molecule has 0 saturated carbocycles. The summed E-state index contributed by atoms with van der Waals surface area (Å²) in [5.74, 6) is 1.52. The first kappa shape index (κ1) is 18.3. The molecule has 128 valence electrons. The maximum atomic E-state index is 12.6. The van der Waals surface area contributed by atoms with E-state index in [2.05, 4.69) is 35.1 Å². The zero-order chi connectivity index (χ0) is 17.5. The van der Waals surface area contributed by atoms with E-state index in [1.807, 2.05) is 37.3 Å². The molecule has 24 heavy (non-hydrogen) atoms. The van der Waals surface area contributed by atoms with Crippen LogP contribution in [0.4, 0.5) is 5.69 Å². The van der Waals surface area contributed by atoms with Crippen molar-refractivity contribution in [3.8, 4) is 11.5 Å². The molecule has 0 aliphatic heterocycles. The molecule has 0 bridgehead atoms. The second-order valence-electron chi connectivity index (χ2n) is 5.76. The molecule has 0 unspecified atom stereocenters. The normalized spacial score (nSPS) is 10.5. The Morgan fingerprint density at radius 2 is 1.96 bits per heavy atom. The molecule has 0 aromatic heterocycles. The third kappa shape index (κ3) is 5.27. The zero-order valence-electron chi connectivity index (χ0n) is 14.1. The van der Waals surface area contributed by atoms with Gasteiger partial charge in [0.25, 0.3) is 5.91 Å². The van der Waals surface area contributed by atoms with Crippen LogP contribution in [0.1, 0.15) is 31.1 Å². The van der Waals surface area contributed by atoms with Gasteiger partial charge in [-0.05, 0) is 43.2 Å². The Hall–Kier alpha value is -2.01. The highest BCUT2D eigenvalue weighted by molar-refractivity contribution is 9.10. The fourth-order valence-electron chi connectivity index (χ4n) is 2.09. The van der Waals surface area contributed by atoms with Crippen LogP contribution in [-0.4, -0.2) is 19.1 Å². The lowest BCUT2D eigenvalue weighted by Crippen LogP contribution is -2.14. The maximum absolute atomic E-state index is 12.6. The summed E-state index contributed by atoms with van der Waals surface area (Å²) in [6.45, 7) is 7.21. The first-order chi connectivity index (χ1) is 11.5. The van der Waals surface area contributed by atoms with Crippen molar-refractivity contribution in [2.75, 3.05) is 18.5 Å². The molecule has 1 amide bonds. The van der Waals surface area contributed by atoms with Crippen LogP contribution in [0.15, 0.2) is 46.9 Å². The number of hydrogen-bond donors (Lipinski definition) is 1. The monoisotopic (exact) mass is 391 g/mol. The minimum Gasteiger partial charge on any atom is -0.493 e. The van der Waals surface area contributed by atoms with Gasteiger partial charge in [-0.15, -0.1) is 0 Å². The molecule has 0 spiro atoms. The highest BCUT2D eigenvalue weighted by Gasteiger charge is 2.14. The van der Waals surface area contributed by atoms with Gasteiger partial charge >= 0.3 is 0 Å². The van der Waals surface area contributed by atoms with Crippen molar-refractivity contribution in [2.45, 2.75) is 20.8 Å².